The molecule has 0 spiro atoms. The minimum Gasteiger partial charge on any atom is -0.508 e. The first-order valence-electron chi connectivity index (χ1n) is 6.78. The average molecular weight is 276 g/mol. The van der Waals surface area contributed by atoms with Crippen LogP contribution in [-0.2, 0) is 0 Å². The Morgan fingerprint density at radius 3 is 1.33 bits per heavy atom. The van der Waals surface area contributed by atoms with Crippen molar-refractivity contribution >= 4 is 22.7 Å². The summed E-state index contributed by atoms with van der Waals surface area (Å²) in [6, 6.07) is 25.1. The van der Waals surface area contributed by atoms with E-state index in [1.165, 1.54) is 0 Å². The molecule has 0 aliphatic heterocycles. The summed E-state index contributed by atoms with van der Waals surface area (Å²) in [7, 11) is 0. The van der Waals surface area contributed by atoms with Crippen molar-refractivity contribution in [3.63, 3.8) is 0 Å². The Morgan fingerprint density at radius 1 is 0.476 bits per heavy atom. The van der Waals surface area contributed by atoms with Crippen molar-refractivity contribution in [3.05, 3.63) is 78.9 Å². The zero-order valence-electron chi connectivity index (χ0n) is 11.5. The lowest BCUT2D eigenvalue weighted by Gasteiger charge is -2.09. The van der Waals surface area contributed by atoms with Crippen LogP contribution in [0.25, 0.3) is 0 Å². The predicted octanol–water partition coefficient (Wildman–Crippen LogP) is 4.88. The number of phenols is 1. The quantitative estimate of drug-likeness (QED) is 0.595. The van der Waals surface area contributed by atoms with Gasteiger partial charge in [-0.15, -0.1) is 0 Å². The zero-order valence-corrected chi connectivity index (χ0v) is 11.5. The molecular formula is C18H16N2O. The van der Waals surface area contributed by atoms with Gasteiger partial charge in [0, 0.05) is 22.7 Å². The lowest BCUT2D eigenvalue weighted by molar-refractivity contribution is 0.475. The summed E-state index contributed by atoms with van der Waals surface area (Å²) in [5.74, 6) is 0.267. The maximum Gasteiger partial charge on any atom is 0.115 e. The first-order chi connectivity index (χ1) is 10.3. The average Bonchev–Trinajstić information content (AvgIpc) is 2.53. The molecule has 3 aromatic rings. The van der Waals surface area contributed by atoms with Crippen LogP contribution < -0.4 is 10.6 Å². The Hall–Kier alpha value is -2.94. The highest BCUT2D eigenvalue weighted by Crippen LogP contribution is 2.22. The van der Waals surface area contributed by atoms with Gasteiger partial charge in [-0.25, -0.2) is 0 Å². The van der Waals surface area contributed by atoms with E-state index < -0.39 is 0 Å². The number of para-hydroxylation sites is 1. The van der Waals surface area contributed by atoms with E-state index in [0.717, 1.165) is 22.7 Å². The van der Waals surface area contributed by atoms with E-state index in [1.807, 2.05) is 66.7 Å². The number of benzene rings is 3. The van der Waals surface area contributed by atoms with Gasteiger partial charge in [0.25, 0.3) is 0 Å². The molecule has 3 rings (SSSR count). The summed E-state index contributed by atoms with van der Waals surface area (Å²) in [6.07, 6.45) is 0. The third-order valence-corrected chi connectivity index (χ3v) is 3.10. The fourth-order valence-corrected chi connectivity index (χ4v) is 2.04. The van der Waals surface area contributed by atoms with Gasteiger partial charge in [-0.1, -0.05) is 18.2 Å². The molecule has 3 nitrogen and oxygen atoms in total. The number of aromatic hydroxyl groups is 1. The summed E-state index contributed by atoms with van der Waals surface area (Å²) in [4.78, 5) is 0. The second kappa shape index (κ2) is 6.01. The molecule has 0 radical (unpaired) electrons. The van der Waals surface area contributed by atoms with Gasteiger partial charge in [-0.3, -0.25) is 0 Å². The van der Waals surface area contributed by atoms with Gasteiger partial charge in [0.05, 0.1) is 0 Å². The summed E-state index contributed by atoms with van der Waals surface area (Å²) >= 11 is 0. The zero-order chi connectivity index (χ0) is 14.5. The first kappa shape index (κ1) is 13.1. The molecule has 0 bridgehead atoms. The van der Waals surface area contributed by atoms with Gasteiger partial charge in [-0.05, 0) is 60.7 Å². The van der Waals surface area contributed by atoms with Crippen LogP contribution in [0, 0.1) is 0 Å². The highest BCUT2D eigenvalue weighted by Gasteiger charge is 1.97. The second-order valence-corrected chi connectivity index (χ2v) is 4.74. The largest absolute Gasteiger partial charge is 0.508 e. The van der Waals surface area contributed by atoms with Crippen LogP contribution in [0.5, 0.6) is 5.75 Å². The number of hydrogen-bond donors (Lipinski definition) is 3. The standard InChI is InChI=1S/C18H16N2O/c21-18-12-10-17(11-13-18)20-16-8-6-15(7-9-16)19-14-4-2-1-3-5-14/h1-13,19-21H. The van der Waals surface area contributed by atoms with E-state index in [-0.39, 0.29) is 5.75 Å². The van der Waals surface area contributed by atoms with Gasteiger partial charge in [0.1, 0.15) is 5.75 Å². The molecule has 0 saturated carbocycles. The number of rotatable bonds is 4. The van der Waals surface area contributed by atoms with E-state index in [2.05, 4.69) is 10.6 Å². The van der Waals surface area contributed by atoms with Gasteiger partial charge in [0.2, 0.25) is 0 Å². The SMILES string of the molecule is Oc1ccc(Nc2ccc(Nc3ccccc3)cc2)cc1. The third kappa shape index (κ3) is 3.54. The van der Waals surface area contributed by atoms with Crippen molar-refractivity contribution in [2.24, 2.45) is 0 Å². The predicted molar refractivity (Wildman–Crippen MR) is 87.6 cm³/mol. The van der Waals surface area contributed by atoms with Crippen molar-refractivity contribution in [3.8, 4) is 5.75 Å². The Labute approximate surface area is 123 Å². The van der Waals surface area contributed by atoms with Gasteiger partial charge >= 0.3 is 0 Å². The van der Waals surface area contributed by atoms with Crippen molar-refractivity contribution in [2.75, 3.05) is 10.6 Å². The minimum absolute atomic E-state index is 0.267. The van der Waals surface area contributed by atoms with E-state index in [4.69, 9.17) is 0 Å². The molecule has 0 atom stereocenters. The maximum atomic E-state index is 9.26. The first-order valence-corrected chi connectivity index (χ1v) is 6.78. The van der Waals surface area contributed by atoms with E-state index in [0.29, 0.717) is 0 Å². The molecule has 0 saturated heterocycles. The Bertz CT molecular complexity index is 692. The third-order valence-electron chi connectivity index (χ3n) is 3.10. The Kier molecular flexibility index (Phi) is 3.74. The van der Waals surface area contributed by atoms with Crippen LogP contribution in [0.15, 0.2) is 78.9 Å². The molecule has 0 fully saturated rings. The van der Waals surface area contributed by atoms with E-state index in [1.54, 1.807) is 12.1 Å². The van der Waals surface area contributed by atoms with Crippen LogP contribution >= 0.6 is 0 Å². The van der Waals surface area contributed by atoms with Gasteiger partial charge < -0.3 is 15.7 Å². The fourth-order valence-electron chi connectivity index (χ4n) is 2.04. The number of phenolic OH excluding ortho intramolecular Hbond substituents is 1. The summed E-state index contributed by atoms with van der Waals surface area (Å²) in [6.45, 7) is 0. The smallest absolute Gasteiger partial charge is 0.115 e. The molecular weight excluding hydrogens is 260 g/mol. The molecule has 3 heteroatoms. The van der Waals surface area contributed by atoms with Crippen molar-refractivity contribution in [1.82, 2.24) is 0 Å². The molecule has 3 N–H and O–H groups in total. The molecule has 0 aliphatic rings. The van der Waals surface area contributed by atoms with Crippen LogP contribution in [-0.4, -0.2) is 5.11 Å². The lowest BCUT2D eigenvalue weighted by Crippen LogP contribution is -1.92. The van der Waals surface area contributed by atoms with Crippen LogP contribution in [0.1, 0.15) is 0 Å². The molecule has 0 unspecified atom stereocenters. The highest BCUT2D eigenvalue weighted by atomic mass is 16.3. The molecule has 0 aromatic heterocycles. The number of hydrogen-bond acceptors (Lipinski definition) is 3. The summed E-state index contributed by atoms with van der Waals surface area (Å²) in [5.41, 5.74) is 4.05. The maximum absolute atomic E-state index is 9.26. The van der Waals surface area contributed by atoms with Crippen molar-refractivity contribution in [1.29, 1.82) is 0 Å². The molecule has 3 aromatic carbocycles. The number of nitrogens with one attached hydrogen (secondary N) is 2. The van der Waals surface area contributed by atoms with Gasteiger partial charge in [0.15, 0.2) is 0 Å². The Balaban J connectivity index is 1.68. The minimum atomic E-state index is 0.267. The number of anilines is 4. The normalized spacial score (nSPS) is 10.1. The Morgan fingerprint density at radius 2 is 0.857 bits per heavy atom. The van der Waals surface area contributed by atoms with Crippen LogP contribution in [0.2, 0.25) is 0 Å². The molecule has 104 valence electrons. The molecule has 21 heavy (non-hydrogen) atoms. The monoisotopic (exact) mass is 276 g/mol. The van der Waals surface area contributed by atoms with E-state index >= 15 is 0 Å². The molecule has 0 aliphatic carbocycles. The second-order valence-electron chi connectivity index (χ2n) is 4.74. The van der Waals surface area contributed by atoms with Crippen molar-refractivity contribution in [2.45, 2.75) is 0 Å². The van der Waals surface area contributed by atoms with Crippen molar-refractivity contribution < 1.29 is 5.11 Å². The summed E-state index contributed by atoms with van der Waals surface area (Å²) in [5, 5.41) is 15.9. The van der Waals surface area contributed by atoms with Crippen LogP contribution in [0.4, 0.5) is 22.7 Å². The van der Waals surface area contributed by atoms with Crippen LogP contribution in [0.3, 0.4) is 0 Å². The molecule has 0 heterocycles. The van der Waals surface area contributed by atoms with Gasteiger partial charge in [-0.2, -0.15) is 0 Å². The summed E-state index contributed by atoms with van der Waals surface area (Å²) < 4.78 is 0. The lowest BCUT2D eigenvalue weighted by atomic mass is 10.2. The highest BCUT2D eigenvalue weighted by molar-refractivity contribution is 5.66. The topological polar surface area (TPSA) is 44.3 Å². The fraction of sp³-hybridized carbons (Fsp3) is 0. The van der Waals surface area contributed by atoms with E-state index in [9.17, 15) is 5.11 Å². The molecule has 0 amide bonds.